The number of rotatable bonds is 15. The number of likely N-dealkylation sites (N-methyl/N-ethyl adjacent to an activating group) is 1. The van der Waals surface area contributed by atoms with Gasteiger partial charge in [-0.1, -0.05) is 80.1 Å². The molecule has 14 heteroatoms. The van der Waals surface area contributed by atoms with Crippen LogP contribution in [-0.4, -0.2) is 107 Å². The summed E-state index contributed by atoms with van der Waals surface area (Å²) >= 11 is 6.12. The van der Waals surface area contributed by atoms with Gasteiger partial charge < -0.3 is 19.4 Å². The lowest BCUT2D eigenvalue weighted by Gasteiger charge is -2.35. The van der Waals surface area contributed by atoms with Gasteiger partial charge in [-0.25, -0.2) is 0 Å². The minimum Gasteiger partial charge on any atom is -0.497 e. The summed E-state index contributed by atoms with van der Waals surface area (Å²) in [5.41, 5.74) is 9.82. The molecule has 12 nitrogen and oxygen atoms in total. The topological polar surface area (TPSA) is 132 Å². The fraction of sp³-hybridized carbons (Fsp3) is 0.333. The molecule has 0 saturated carbocycles. The molecule has 4 heterocycles. The molecule has 3 aliphatic rings. The Hall–Kier alpha value is -6.80. The molecule has 0 aliphatic carbocycles. The number of benzene rings is 5. The van der Waals surface area contributed by atoms with Crippen molar-refractivity contribution in [2.75, 3.05) is 57.0 Å². The van der Waals surface area contributed by atoms with Crippen LogP contribution >= 0.6 is 11.6 Å². The van der Waals surface area contributed by atoms with Crippen molar-refractivity contribution in [2.45, 2.75) is 78.1 Å². The first kappa shape index (κ1) is 52.1. The lowest BCUT2D eigenvalue weighted by molar-refractivity contribution is -0.438. The predicted molar refractivity (Wildman–Crippen MR) is 296 cm³/mol. The van der Waals surface area contributed by atoms with E-state index in [0.717, 1.165) is 51.4 Å². The largest absolute Gasteiger partial charge is 0.497 e. The molecule has 1 fully saturated rings. The highest BCUT2D eigenvalue weighted by Crippen LogP contribution is 2.48. The van der Waals surface area contributed by atoms with E-state index in [-0.39, 0.29) is 47.1 Å². The summed E-state index contributed by atoms with van der Waals surface area (Å²) in [6.45, 7) is 16.0. The van der Waals surface area contributed by atoms with Crippen molar-refractivity contribution in [1.29, 1.82) is 0 Å². The summed E-state index contributed by atoms with van der Waals surface area (Å²) in [7, 11) is -2.44. The molecule has 9 rings (SSSR count). The molecular formula is C60H65ClN5O7S+. The maximum absolute atomic E-state index is 14.0. The molecule has 0 bridgehead atoms. The predicted octanol–water partition coefficient (Wildman–Crippen LogP) is 10.8. The summed E-state index contributed by atoms with van der Waals surface area (Å²) in [6, 6.07) is 31.4. The van der Waals surface area contributed by atoms with E-state index in [1.807, 2.05) is 41.0 Å². The maximum atomic E-state index is 14.0. The summed E-state index contributed by atoms with van der Waals surface area (Å²) in [5, 5.41) is 3.68. The van der Waals surface area contributed by atoms with Gasteiger partial charge >= 0.3 is 0 Å². The number of aromatic nitrogens is 1. The number of ether oxygens (including phenoxy) is 1. The van der Waals surface area contributed by atoms with Gasteiger partial charge in [0.15, 0.2) is 5.71 Å². The van der Waals surface area contributed by atoms with Crippen molar-refractivity contribution in [3.05, 3.63) is 172 Å². The number of fused-ring (bicyclic) bond motifs is 5. The summed E-state index contributed by atoms with van der Waals surface area (Å²) in [6.07, 6.45) is 11.9. The monoisotopic (exact) mass is 1030 g/mol. The van der Waals surface area contributed by atoms with E-state index in [9.17, 15) is 27.4 Å². The van der Waals surface area contributed by atoms with E-state index >= 15 is 0 Å². The van der Waals surface area contributed by atoms with Gasteiger partial charge in [0.2, 0.25) is 17.5 Å². The Kier molecular flexibility index (Phi) is 14.7. The van der Waals surface area contributed by atoms with Gasteiger partial charge in [-0.05, 0) is 122 Å². The van der Waals surface area contributed by atoms with E-state index in [4.69, 9.17) is 16.3 Å². The van der Waals surface area contributed by atoms with Gasteiger partial charge in [-0.2, -0.15) is 13.0 Å². The van der Waals surface area contributed by atoms with Gasteiger partial charge in [0.25, 0.3) is 16.0 Å². The average molecular weight is 1040 g/mol. The highest BCUT2D eigenvalue weighted by molar-refractivity contribution is 7.85. The number of hydrogen-bond acceptors (Lipinski definition) is 7. The molecule has 5 aromatic carbocycles. The van der Waals surface area contributed by atoms with E-state index in [1.54, 1.807) is 35.9 Å². The van der Waals surface area contributed by atoms with Crippen LogP contribution < -0.4 is 9.64 Å². The molecule has 2 amide bonds. The van der Waals surface area contributed by atoms with Crippen LogP contribution in [0.5, 0.6) is 5.75 Å². The molecular weight excluding hydrogens is 970 g/mol. The first-order valence-corrected chi connectivity index (χ1v) is 27.4. The molecule has 0 unspecified atom stereocenters. The summed E-state index contributed by atoms with van der Waals surface area (Å²) in [5.74, 6) is 0.110. The van der Waals surface area contributed by atoms with E-state index in [2.05, 4.69) is 123 Å². The van der Waals surface area contributed by atoms with E-state index in [0.29, 0.717) is 73.1 Å². The number of carbonyl (C=O) groups excluding carboxylic acids is 3. The molecule has 6 aromatic rings. The standard InChI is InChI=1S/C60H64ClN5O7S/c1-8-64-51-27-20-41(37-55(67)62-31-33-63(34-32-62)56(68)39-47-40(2)66(50-29-26-45(73-7)38-48(47)50)58(69)43-21-24-44(61)25-22-43)36-49(51)59(3,4)53(64)18-10-9-11-19-54-60(5,6)57-46-17-13-12-16-42(46)23-28-52(57)65(54)30-14-15-35-74(70,71)72/h9-13,16-29,36,38H,8,14-15,30-35,37,39H2,1-7H3/p+1. The Morgan fingerprint density at radius 2 is 1.50 bits per heavy atom. The summed E-state index contributed by atoms with van der Waals surface area (Å²) in [4.78, 5) is 47.8. The lowest BCUT2D eigenvalue weighted by Crippen LogP contribution is -2.51. The fourth-order valence-corrected chi connectivity index (χ4v) is 12.1. The Labute approximate surface area is 439 Å². The number of methoxy groups -OCH3 is 1. The molecule has 0 spiro atoms. The maximum Gasteiger partial charge on any atom is 0.264 e. The average Bonchev–Trinajstić information content (AvgIpc) is 3.87. The van der Waals surface area contributed by atoms with Crippen molar-refractivity contribution >= 4 is 78.2 Å². The van der Waals surface area contributed by atoms with Crippen LogP contribution in [0.1, 0.15) is 85.8 Å². The lowest BCUT2D eigenvalue weighted by atomic mass is 9.79. The van der Waals surface area contributed by atoms with Crippen molar-refractivity contribution in [2.24, 2.45) is 0 Å². The zero-order chi connectivity index (χ0) is 52.7. The van der Waals surface area contributed by atoms with Crippen molar-refractivity contribution in [3.8, 4) is 5.75 Å². The zero-order valence-corrected chi connectivity index (χ0v) is 44.9. The van der Waals surface area contributed by atoms with Crippen LogP contribution in [0, 0.1) is 6.92 Å². The molecule has 1 aromatic heterocycles. The number of piperazine rings is 1. The van der Waals surface area contributed by atoms with Crippen LogP contribution in [-0.2, 0) is 43.4 Å². The molecule has 384 valence electrons. The third-order valence-electron chi connectivity index (χ3n) is 15.3. The van der Waals surface area contributed by atoms with Crippen LogP contribution in [0.4, 0.5) is 11.4 Å². The van der Waals surface area contributed by atoms with Crippen molar-refractivity contribution < 1.29 is 36.7 Å². The van der Waals surface area contributed by atoms with E-state index < -0.39 is 10.1 Å². The molecule has 3 aliphatic heterocycles. The normalized spacial score (nSPS) is 16.9. The van der Waals surface area contributed by atoms with Crippen LogP contribution in [0.3, 0.4) is 0 Å². The molecule has 1 saturated heterocycles. The zero-order valence-electron chi connectivity index (χ0n) is 43.3. The quantitative estimate of drug-likeness (QED) is 0.0465. The number of unbranched alkanes of at least 4 members (excludes halogenated alkanes) is 1. The second kappa shape index (κ2) is 20.8. The third kappa shape index (κ3) is 10.1. The highest BCUT2D eigenvalue weighted by atomic mass is 35.5. The van der Waals surface area contributed by atoms with Gasteiger partial charge in [0.05, 0.1) is 36.6 Å². The number of hydrogen-bond donors (Lipinski definition) is 1. The number of amides is 2. The Balaban J connectivity index is 0.859. The number of anilines is 1. The smallest absolute Gasteiger partial charge is 0.264 e. The summed E-state index contributed by atoms with van der Waals surface area (Å²) < 4.78 is 41.9. The van der Waals surface area contributed by atoms with Crippen LogP contribution in [0.2, 0.25) is 5.02 Å². The number of allylic oxidation sites excluding steroid dienone is 6. The molecule has 74 heavy (non-hydrogen) atoms. The molecule has 0 atom stereocenters. The third-order valence-corrected chi connectivity index (χ3v) is 16.4. The van der Waals surface area contributed by atoms with Crippen LogP contribution in [0.15, 0.2) is 133 Å². The fourth-order valence-electron chi connectivity index (χ4n) is 11.4. The van der Waals surface area contributed by atoms with Gasteiger partial charge in [0, 0.05) is 95.3 Å². The van der Waals surface area contributed by atoms with E-state index in [1.165, 1.54) is 16.3 Å². The van der Waals surface area contributed by atoms with Crippen LogP contribution in [0.25, 0.3) is 21.7 Å². The highest BCUT2D eigenvalue weighted by Gasteiger charge is 2.45. The first-order valence-electron chi connectivity index (χ1n) is 25.4. The second-order valence-corrected chi connectivity index (χ2v) is 22.6. The minimum atomic E-state index is -4.03. The molecule has 1 N–H and O–H groups in total. The number of carbonyl (C=O) groups is 3. The van der Waals surface area contributed by atoms with Crippen molar-refractivity contribution in [1.82, 2.24) is 14.4 Å². The van der Waals surface area contributed by atoms with Crippen molar-refractivity contribution in [3.63, 3.8) is 0 Å². The number of halogens is 1. The van der Waals surface area contributed by atoms with Gasteiger partial charge in [-0.3, -0.25) is 23.5 Å². The first-order chi connectivity index (χ1) is 35.3. The Bertz CT molecular complexity index is 3450. The van der Waals surface area contributed by atoms with Gasteiger partial charge in [-0.15, -0.1) is 0 Å². The minimum absolute atomic E-state index is 0.0219. The van der Waals surface area contributed by atoms with Gasteiger partial charge in [0.1, 0.15) is 12.3 Å². The number of nitrogens with zero attached hydrogens (tertiary/aromatic N) is 5. The SMILES string of the molecule is CCN1/C(=C/C=C/C=C/C2=[N+](CCCCS(=O)(=O)O)c3ccc4ccccc4c3C2(C)C)C(C)(C)c2cc(CC(=O)N3CCN(C(=O)Cc4c(C)n(C(=O)c5ccc(Cl)cc5)c5ccc(OC)cc45)CC3)ccc21. The second-order valence-electron chi connectivity index (χ2n) is 20.6. The Morgan fingerprint density at radius 1 is 0.797 bits per heavy atom. The Morgan fingerprint density at radius 3 is 2.19 bits per heavy atom. The molecule has 0 radical (unpaired) electrons.